The van der Waals surface area contributed by atoms with Crippen molar-refractivity contribution in [2.24, 2.45) is 0 Å². The predicted octanol–water partition coefficient (Wildman–Crippen LogP) is 8.62. The Balaban J connectivity index is 1.61. The van der Waals surface area contributed by atoms with Crippen molar-refractivity contribution in [1.82, 2.24) is 0 Å². The first-order valence-corrected chi connectivity index (χ1v) is 12.8. The number of unbranched alkanes of at least 4 members (excludes halogenated alkanes) is 5. The predicted molar refractivity (Wildman–Crippen MR) is 142 cm³/mol. The van der Waals surface area contributed by atoms with Gasteiger partial charge in [0, 0.05) is 16.7 Å². The van der Waals surface area contributed by atoms with Gasteiger partial charge >= 0.3 is 0 Å². The Morgan fingerprint density at radius 2 is 1.00 bits per heavy atom. The van der Waals surface area contributed by atoms with Crippen LogP contribution in [0.2, 0.25) is 0 Å². The molecule has 0 N–H and O–H groups in total. The Morgan fingerprint density at radius 1 is 0.514 bits per heavy atom. The van der Waals surface area contributed by atoms with Crippen LogP contribution in [-0.2, 0) is 12.8 Å². The molecule has 0 unspecified atom stereocenters. The number of hydrogen-bond donors (Lipinski definition) is 0. The molecule has 0 aromatic heterocycles. The van der Waals surface area contributed by atoms with Crippen LogP contribution in [0.5, 0.6) is 0 Å². The first-order chi connectivity index (χ1) is 17.1. The average molecular weight is 469 g/mol. The van der Waals surface area contributed by atoms with E-state index in [4.69, 9.17) is 0 Å². The number of benzene rings is 3. The second kappa shape index (κ2) is 14.1. The largest absolute Gasteiger partial charge is 0.205 e. The summed E-state index contributed by atoms with van der Waals surface area (Å²) >= 11 is 0. The molecule has 0 fully saturated rings. The molecule has 0 saturated carbocycles. The van der Waals surface area contributed by atoms with Gasteiger partial charge in [-0.1, -0.05) is 100 Å². The average Bonchev–Trinajstić information content (AvgIpc) is 2.86. The summed E-state index contributed by atoms with van der Waals surface area (Å²) in [7, 11) is 0. The molecular weight excluding hydrogens is 434 g/mol. The van der Waals surface area contributed by atoms with E-state index in [2.05, 4.69) is 49.7 Å². The lowest BCUT2D eigenvalue weighted by atomic mass is 10.0. The monoisotopic (exact) mass is 468 g/mol. The van der Waals surface area contributed by atoms with Crippen LogP contribution < -0.4 is 0 Å². The maximum absolute atomic E-state index is 14.6. The minimum Gasteiger partial charge on any atom is -0.205 e. The van der Waals surface area contributed by atoms with Gasteiger partial charge in [-0.3, -0.25) is 0 Å². The molecule has 3 aromatic rings. The van der Waals surface area contributed by atoms with Crippen LogP contribution in [0.3, 0.4) is 0 Å². The molecule has 180 valence electrons. The van der Waals surface area contributed by atoms with Gasteiger partial charge in [0.2, 0.25) is 0 Å². The summed E-state index contributed by atoms with van der Waals surface area (Å²) in [6.07, 6.45) is 10.8. The van der Waals surface area contributed by atoms with Gasteiger partial charge in [-0.25, -0.2) is 8.78 Å². The van der Waals surface area contributed by atoms with Crippen LogP contribution >= 0.6 is 0 Å². The highest BCUT2D eigenvalue weighted by Crippen LogP contribution is 2.16. The highest BCUT2D eigenvalue weighted by atomic mass is 19.1. The summed E-state index contributed by atoms with van der Waals surface area (Å²) in [5, 5.41) is 0. The van der Waals surface area contributed by atoms with Crippen LogP contribution in [0.25, 0.3) is 0 Å². The topological polar surface area (TPSA) is 0 Å². The Hall–Kier alpha value is -3.36. The first-order valence-electron chi connectivity index (χ1n) is 12.8. The minimum atomic E-state index is -0.695. The molecule has 0 aliphatic heterocycles. The SMILES string of the molecule is CCCCCCCCc1ccc(C#Cc2c(F)cc(C#Cc3ccc(CCC)cc3)cc2F)cc1. The highest BCUT2D eigenvalue weighted by Gasteiger charge is 2.08. The molecule has 0 heterocycles. The molecule has 0 spiro atoms. The second-order valence-corrected chi connectivity index (χ2v) is 8.98. The van der Waals surface area contributed by atoms with Crippen molar-refractivity contribution in [2.45, 2.75) is 71.6 Å². The summed E-state index contributed by atoms with van der Waals surface area (Å²) in [4.78, 5) is 0. The fourth-order valence-corrected chi connectivity index (χ4v) is 3.95. The van der Waals surface area contributed by atoms with E-state index in [1.807, 2.05) is 36.4 Å². The summed E-state index contributed by atoms with van der Waals surface area (Å²) < 4.78 is 29.2. The minimum absolute atomic E-state index is 0.226. The number of rotatable bonds is 9. The Morgan fingerprint density at radius 3 is 1.57 bits per heavy atom. The maximum Gasteiger partial charge on any atom is 0.143 e. The Labute approximate surface area is 209 Å². The molecule has 0 nitrogen and oxygen atoms in total. The van der Waals surface area contributed by atoms with Gasteiger partial charge in [0.05, 0.1) is 5.56 Å². The van der Waals surface area contributed by atoms with Gasteiger partial charge < -0.3 is 0 Å². The number of halogens is 2. The van der Waals surface area contributed by atoms with Gasteiger partial charge in [-0.05, 0) is 66.8 Å². The van der Waals surface area contributed by atoms with E-state index in [1.165, 1.54) is 61.8 Å². The third kappa shape index (κ3) is 8.73. The van der Waals surface area contributed by atoms with E-state index in [0.717, 1.165) is 30.4 Å². The van der Waals surface area contributed by atoms with E-state index in [1.54, 1.807) is 0 Å². The standard InChI is InChI=1S/C33H34F2/c1-3-5-6-7-8-9-11-27-14-18-29(19-15-27)22-23-31-32(34)24-30(25-33(31)35)21-20-28-16-12-26(10-4-2)13-17-28/h12-19,24-25H,3-11H2,1-2H3. The molecule has 3 aromatic carbocycles. The van der Waals surface area contributed by atoms with Crippen molar-refractivity contribution in [1.29, 1.82) is 0 Å². The van der Waals surface area contributed by atoms with Crippen molar-refractivity contribution in [2.75, 3.05) is 0 Å². The van der Waals surface area contributed by atoms with E-state index < -0.39 is 11.6 Å². The normalized spacial score (nSPS) is 10.3. The summed E-state index contributed by atoms with van der Waals surface area (Å²) in [5.41, 5.74) is 4.15. The first kappa shape index (κ1) is 26.2. The van der Waals surface area contributed by atoms with E-state index >= 15 is 0 Å². The van der Waals surface area contributed by atoms with Crippen molar-refractivity contribution >= 4 is 0 Å². The molecular formula is C33H34F2. The summed E-state index contributed by atoms with van der Waals surface area (Å²) in [5.74, 6) is 9.99. The van der Waals surface area contributed by atoms with E-state index in [-0.39, 0.29) is 5.56 Å². The fraction of sp³-hybridized carbons (Fsp3) is 0.333. The number of hydrogen-bond acceptors (Lipinski definition) is 0. The summed E-state index contributed by atoms with van der Waals surface area (Å²) in [6, 6.07) is 18.4. The molecule has 0 amide bonds. The van der Waals surface area contributed by atoms with Crippen molar-refractivity contribution < 1.29 is 8.78 Å². The quantitative estimate of drug-likeness (QED) is 0.218. The van der Waals surface area contributed by atoms with Crippen LogP contribution in [-0.4, -0.2) is 0 Å². The van der Waals surface area contributed by atoms with Crippen LogP contribution in [0.4, 0.5) is 8.78 Å². The lowest BCUT2D eigenvalue weighted by molar-refractivity contribution is 0.577. The van der Waals surface area contributed by atoms with E-state index in [0.29, 0.717) is 5.56 Å². The molecule has 2 heteroatoms. The molecule has 35 heavy (non-hydrogen) atoms. The molecule has 3 rings (SSSR count). The third-order valence-electron chi connectivity index (χ3n) is 5.99. The zero-order chi connectivity index (χ0) is 24.9. The zero-order valence-corrected chi connectivity index (χ0v) is 20.9. The fourth-order valence-electron chi connectivity index (χ4n) is 3.95. The van der Waals surface area contributed by atoms with Gasteiger partial charge in [0.1, 0.15) is 11.6 Å². The number of aryl methyl sites for hydroxylation is 2. The molecule has 0 radical (unpaired) electrons. The summed E-state index contributed by atoms with van der Waals surface area (Å²) in [6.45, 7) is 4.37. The molecule has 0 aliphatic carbocycles. The zero-order valence-electron chi connectivity index (χ0n) is 20.9. The Kier molecular flexibility index (Phi) is 10.6. The van der Waals surface area contributed by atoms with Gasteiger partial charge in [-0.15, -0.1) is 0 Å². The van der Waals surface area contributed by atoms with Gasteiger partial charge in [0.15, 0.2) is 0 Å². The highest BCUT2D eigenvalue weighted by molar-refractivity contribution is 5.49. The van der Waals surface area contributed by atoms with Crippen molar-refractivity contribution in [3.63, 3.8) is 0 Å². The molecule has 0 saturated heterocycles. The van der Waals surface area contributed by atoms with E-state index in [9.17, 15) is 8.78 Å². The Bertz CT molecular complexity index is 1170. The second-order valence-electron chi connectivity index (χ2n) is 8.98. The lowest BCUT2D eigenvalue weighted by Gasteiger charge is -2.02. The smallest absolute Gasteiger partial charge is 0.143 e. The van der Waals surface area contributed by atoms with Gasteiger partial charge in [-0.2, -0.15) is 0 Å². The third-order valence-corrected chi connectivity index (χ3v) is 5.99. The molecule has 0 aliphatic rings. The van der Waals surface area contributed by atoms with Crippen molar-refractivity contribution in [3.8, 4) is 23.7 Å². The maximum atomic E-state index is 14.6. The molecule has 0 atom stereocenters. The van der Waals surface area contributed by atoms with Gasteiger partial charge in [0.25, 0.3) is 0 Å². The van der Waals surface area contributed by atoms with Crippen LogP contribution in [0.1, 0.15) is 92.2 Å². The lowest BCUT2D eigenvalue weighted by Crippen LogP contribution is -1.93. The van der Waals surface area contributed by atoms with Crippen molar-refractivity contribution in [3.05, 3.63) is 106 Å². The van der Waals surface area contributed by atoms with Crippen LogP contribution in [0.15, 0.2) is 60.7 Å². The van der Waals surface area contributed by atoms with Crippen LogP contribution in [0, 0.1) is 35.3 Å². The molecule has 0 bridgehead atoms.